The molecule has 0 aliphatic heterocycles. The van der Waals surface area contributed by atoms with Crippen LogP contribution in [0.15, 0.2) is 116 Å². The third-order valence-corrected chi connectivity index (χ3v) is 8.69. The molecule has 0 atom stereocenters. The predicted octanol–water partition coefficient (Wildman–Crippen LogP) is 6.32. The van der Waals surface area contributed by atoms with Crippen molar-refractivity contribution in [2.45, 2.75) is 19.3 Å². The Bertz CT molecular complexity index is 2100. The highest BCUT2D eigenvalue weighted by Gasteiger charge is 2.36. The van der Waals surface area contributed by atoms with Crippen LogP contribution in [0.25, 0.3) is 50.0 Å². The summed E-state index contributed by atoms with van der Waals surface area (Å²) in [4.78, 5) is 0. The van der Waals surface area contributed by atoms with E-state index < -0.39 is 0 Å². The van der Waals surface area contributed by atoms with Crippen LogP contribution in [0.1, 0.15) is 25.0 Å². The molecule has 8 rings (SSSR count). The van der Waals surface area contributed by atoms with Gasteiger partial charge >= 0.3 is 0 Å². The summed E-state index contributed by atoms with van der Waals surface area (Å²) in [7, 11) is 4.10. The minimum Gasteiger partial charge on any atom is -0.309 e. The Hall–Kier alpha value is -4.90. The summed E-state index contributed by atoms with van der Waals surface area (Å²) < 4.78 is 10.9. The second-order valence-corrected chi connectivity index (χ2v) is 11.6. The van der Waals surface area contributed by atoms with E-state index in [4.69, 9.17) is 0 Å². The second-order valence-electron chi connectivity index (χ2n) is 11.6. The molecule has 5 heteroatoms. The first-order valence-electron chi connectivity index (χ1n) is 13.8. The summed E-state index contributed by atoms with van der Waals surface area (Å²) in [5.74, 6) is 0. The van der Waals surface area contributed by atoms with Crippen molar-refractivity contribution in [2.24, 2.45) is 14.1 Å². The fraction of sp³-hybridized carbons (Fsp3) is 0.143. The quantitative estimate of drug-likeness (QED) is 0.243. The molecule has 0 fully saturated rings. The van der Waals surface area contributed by atoms with Gasteiger partial charge in [0.05, 0.1) is 25.1 Å². The van der Waals surface area contributed by atoms with Crippen LogP contribution in [-0.2, 0) is 19.5 Å². The van der Waals surface area contributed by atoms with Crippen LogP contribution in [-0.4, -0.2) is 13.7 Å². The van der Waals surface area contributed by atoms with Crippen LogP contribution in [0.3, 0.4) is 0 Å². The Balaban J connectivity index is 1.41. The summed E-state index contributed by atoms with van der Waals surface area (Å²) >= 11 is 0. The molecular weight excluding hydrogens is 490 g/mol. The van der Waals surface area contributed by atoms with Crippen molar-refractivity contribution in [3.63, 3.8) is 0 Å². The summed E-state index contributed by atoms with van der Waals surface area (Å²) in [6.07, 6.45) is 12.5. The van der Waals surface area contributed by atoms with E-state index in [2.05, 4.69) is 160 Å². The van der Waals surface area contributed by atoms with Crippen molar-refractivity contribution in [3.8, 4) is 28.2 Å². The molecule has 0 spiro atoms. The van der Waals surface area contributed by atoms with Gasteiger partial charge in [-0.05, 0) is 76.9 Å². The fourth-order valence-electron chi connectivity index (χ4n) is 6.62. The van der Waals surface area contributed by atoms with Crippen LogP contribution in [0.4, 0.5) is 0 Å². The number of hydrogen-bond acceptors (Lipinski definition) is 0. The molecule has 0 saturated heterocycles. The third kappa shape index (κ3) is 3.21. The van der Waals surface area contributed by atoms with Gasteiger partial charge in [0.25, 0.3) is 0 Å². The minimum absolute atomic E-state index is 0.0553. The summed E-state index contributed by atoms with van der Waals surface area (Å²) in [6.45, 7) is 4.71. The van der Waals surface area contributed by atoms with E-state index in [0.29, 0.717) is 0 Å². The molecule has 0 bridgehead atoms. The van der Waals surface area contributed by atoms with Crippen molar-refractivity contribution in [1.82, 2.24) is 13.7 Å². The lowest BCUT2D eigenvalue weighted by Crippen LogP contribution is -2.23. The van der Waals surface area contributed by atoms with Gasteiger partial charge in [0, 0.05) is 21.9 Å². The van der Waals surface area contributed by atoms with Gasteiger partial charge in [-0.25, -0.2) is 18.3 Å². The third-order valence-electron chi connectivity index (χ3n) is 8.69. The zero-order valence-electron chi connectivity index (χ0n) is 23.2. The van der Waals surface area contributed by atoms with Crippen molar-refractivity contribution >= 4 is 21.8 Å². The van der Waals surface area contributed by atoms with E-state index in [1.165, 1.54) is 44.1 Å². The highest BCUT2D eigenvalue weighted by atomic mass is 15.1. The monoisotopic (exact) mass is 521 g/mol. The maximum Gasteiger partial charge on any atom is 0.248 e. The number of aromatic nitrogens is 5. The first-order valence-corrected chi connectivity index (χ1v) is 13.8. The predicted molar refractivity (Wildman–Crippen MR) is 159 cm³/mol. The highest BCUT2D eigenvalue weighted by Crippen LogP contribution is 2.51. The van der Waals surface area contributed by atoms with E-state index in [1.54, 1.807) is 0 Å². The van der Waals surface area contributed by atoms with E-state index in [9.17, 15) is 0 Å². The number of rotatable bonds is 3. The van der Waals surface area contributed by atoms with Crippen molar-refractivity contribution < 1.29 is 9.13 Å². The van der Waals surface area contributed by atoms with Crippen LogP contribution in [0.2, 0.25) is 0 Å². The summed E-state index contributed by atoms with van der Waals surface area (Å²) in [6, 6.07) is 29.5. The smallest absolute Gasteiger partial charge is 0.248 e. The average Bonchev–Trinajstić information content (AvgIpc) is 3.72. The second kappa shape index (κ2) is 8.06. The lowest BCUT2D eigenvalue weighted by Gasteiger charge is -2.21. The lowest BCUT2D eigenvalue weighted by molar-refractivity contribution is -0.670. The van der Waals surface area contributed by atoms with Crippen LogP contribution >= 0.6 is 0 Å². The van der Waals surface area contributed by atoms with E-state index >= 15 is 0 Å². The number of hydrogen-bond donors (Lipinski definition) is 0. The molecule has 3 heterocycles. The molecule has 7 aromatic rings. The van der Waals surface area contributed by atoms with Gasteiger partial charge in [-0.3, -0.25) is 0 Å². The Morgan fingerprint density at radius 2 is 1.20 bits per heavy atom. The number of fused-ring (bicyclic) bond motifs is 6. The van der Waals surface area contributed by atoms with E-state index in [0.717, 1.165) is 17.1 Å². The molecule has 4 aromatic carbocycles. The number of imidazole rings is 2. The van der Waals surface area contributed by atoms with E-state index in [-0.39, 0.29) is 5.41 Å². The lowest BCUT2D eigenvalue weighted by atomic mass is 9.82. The van der Waals surface area contributed by atoms with Gasteiger partial charge in [0.15, 0.2) is 0 Å². The highest BCUT2D eigenvalue weighted by molar-refractivity contribution is 6.12. The molecule has 0 radical (unpaired) electrons. The Kier molecular flexibility index (Phi) is 4.64. The zero-order chi connectivity index (χ0) is 27.2. The Labute approximate surface area is 233 Å². The minimum atomic E-state index is -0.0553. The first-order chi connectivity index (χ1) is 19.4. The van der Waals surface area contributed by atoms with Gasteiger partial charge in [-0.1, -0.05) is 38.1 Å². The van der Waals surface area contributed by atoms with E-state index in [1.807, 2.05) is 7.05 Å². The fourth-order valence-corrected chi connectivity index (χ4v) is 6.62. The number of aryl methyl sites for hydroxylation is 2. The van der Waals surface area contributed by atoms with Crippen molar-refractivity contribution in [1.29, 1.82) is 0 Å². The van der Waals surface area contributed by atoms with Crippen molar-refractivity contribution in [3.05, 3.63) is 127 Å². The largest absolute Gasteiger partial charge is 0.309 e. The van der Waals surface area contributed by atoms with Gasteiger partial charge in [-0.15, -0.1) is 0 Å². The number of benzene rings is 4. The topological polar surface area (TPSA) is 22.5 Å². The molecule has 194 valence electrons. The molecule has 5 nitrogen and oxygen atoms in total. The Morgan fingerprint density at radius 1 is 0.575 bits per heavy atom. The molecule has 0 amide bonds. The summed E-state index contributed by atoms with van der Waals surface area (Å²) in [5.41, 5.74) is 11.3. The standard InChI is InChI=1S/C35H31N5/c1-35(2)31-8-6-5-7-27(31)28-20-30-29-19-26(39-18-16-37(4)23-39)13-14-33(29)40(34(30)21-32(28)35)25-11-9-24(10-12-25)38-17-15-36(3)22-38/h5-23H,1-4H3/q+2. The molecular formula is C35H31N5+2. The zero-order valence-corrected chi connectivity index (χ0v) is 23.2. The van der Waals surface area contributed by atoms with Gasteiger partial charge in [0.1, 0.15) is 36.2 Å². The molecule has 1 aliphatic rings. The van der Waals surface area contributed by atoms with Gasteiger partial charge in [-0.2, -0.15) is 0 Å². The normalized spacial score (nSPS) is 13.7. The molecule has 3 aromatic heterocycles. The maximum atomic E-state index is 2.44. The van der Waals surface area contributed by atoms with Crippen LogP contribution in [0.5, 0.6) is 0 Å². The average molecular weight is 522 g/mol. The summed E-state index contributed by atoms with van der Waals surface area (Å²) in [5, 5.41) is 2.54. The Morgan fingerprint density at radius 3 is 1.90 bits per heavy atom. The van der Waals surface area contributed by atoms with Crippen LogP contribution < -0.4 is 9.13 Å². The van der Waals surface area contributed by atoms with Gasteiger partial charge < -0.3 is 4.57 Å². The van der Waals surface area contributed by atoms with Crippen LogP contribution in [0, 0.1) is 0 Å². The molecule has 1 aliphatic carbocycles. The number of nitrogens with zero attached hydrogens (tertiary/aromatic N) is 5. The molecule has 0 N–H and O–H groups in total. The van der Waals surface area contributed by atoms with Gasteiger partial charge in [0.2, 0.25) is 12.7 Å². The maximum absolute atomic E-state index is 2.44. The molecule has 0 unspecified atom stereocenters. The molecule has 0 saturated carbocycles. The van der Waals surface area contributed by atoms with Crippen molar-refractivity contribution in [2.75, 3.05) is 0 Å². The molecule has 40 heavy (non-hydrogen) atoms. The SMILES string of the molecule is C[n+]1ccn(-c2ccc(-n3c4ccc(-n5cc[n+](C)c5)cc4c4cc5c(cc43)C(C)(C)c3ccccc3-5)cc2)c1. The first kappa shape index (κ1) is 23.0.